The lowest BCUT2D eigenvalue weighted by atomic mass is 10.4. The first-order valence-electron chi connectivity index (χ1n) is 4.40. The van der Waals surface area contributed by atoms with E-state index in [9.17, 15) is 9.59 Å². The average molecular weight is 224 g/mol. The molecule has 0 saturated carbocycles. The van der Waals surface area contributed by atoms with E-state index >= 15 is 0 Å². The van der Waals surface area contributed by atoms with Gasteiger partial charge in [0.15, 0.2) is 12.0 Å². The van der Waals surface area contributed by atoms with Crippen LogP contribution in [0, 0.1) is 0 Å². The lowest BCUT2D eigenvalue weighted by Crippen LogP contribution is -2.01. The van der Waals surface area contributed by atoms with Crippen molar-refractivity contribution in [1.82, 2.24) is 0 Å². The van der Waals surface area contributed by atoms with Crippen LogP contribution in [0.3, 0.4) is 0 Å². The predicted octanol–water partition coefficient (Wildman–Crippen LogP) is 2.48. The molecule has 0 radical (unpaired) electrons. The van der Waals surface area contributed by atoms with Gasteiger partial charge in [-0.3, -0.25) is 4.79 Å². The molecule has 0 N–H and O–H groups in total. The maximum atomic E-state index is 11.3. The summed E-state index contributed by atoms with van der Waals surface area (Å²) in [6.07, 6.45) is 0.636. The van der Waals surface area contributed by atoms with Gasteiger partial charge in [0.05, 0.1) is 11.3 Å². The predicted molar refractivity (Wildman–Crippen MR) is 55.4 cm³/mol. The van der Waals surface area contributed by atoms with E-state index in [-0.39, 0.29) is 11.7 Å². The fraction of sp³-hybridized carbons (Fsp3) is 0.200. The molecule has 0 aliphatic rings. The van der Waals surface area contributed by atoms with Gasteiger partial charge in [0.25, 0.3) is 0 Å². The summed E-state index contributed by atoms with van der Waals surface area (Å²) in [6.45, 7) is 2.10. The Morgan fingerprint density at radius 1 is 1.60 bits per heavy atom. The minimum absolute atomic E-state index is 0.270. The van der Waals surface area contributed by atoms with Crippen LogP contribution in [0.4, 0.5) is 0 Å². The second-order valence-corrected chi connectivity index (χ2v) is 3.91. The van der Waals surface area contributed by atoms with Gasteiger partial charge in [-0.25, -0.2) is 4.79 Å². The Morgan fingerprint density at radius 3 is 3.00 bits per heavy atom. The summed E-state index contributed by atoms with van der Waals surface area (Å²) < 4.78 is 10.8. The van der Waals surface area contributed by atoms with Crippen LogP contribution >= 0.6 is 11.3 Å². The van der Waals surface area contributed by atoms with Crippen molar-refractivity contribution in [2.45, 2.75) is 6.92 Å². The monoisotopic (exact) mass is 224 g/mol. The Morgan fingerprint density at radius 2 is 2.40 bits per heavy atom. The normalized spacial score (nSPS) is 10.5. The van der Waals surface area contributed by atoms with E-state index in [4.69, 9.17) is 9.15 Å². The van der Waals surface area contributed by atoms with Crippen LogP contribution in [-0.4, -0.2) is 18.9 Å². The van der Waals surface area contributed by atoms with Gasteiger partial charge in [0.1, 0.15) is 10.5 Å². The van der Waals surface area contributed by atoms with E-state index in [1.807, 2.05) is 0 Å². The standard InChI is InChI=1S/C10H8O4S/c1-2-13-10(12)9-4-7-8(15-9)3-6(5-11)14-7/h3-5H,2H2,1H3. The van der Waals surface area contributed by atoms with Crippen molar-refractivity contribution >= 4 is 33.9 Å². The molecule has 0 aromatic carbocycles. The number of carbonyl (C=O) groups excluding carboxylic acids is 2. The summed E-state index contributed by atoms with van der Waals surface area (Å²) in [5, 5.41) is 0. The number of rotatable bonds is 3. The molecule has 15 heavy (non-hydrogen) atoms. The van der Waals surface area contributed by atoms with E-state index in [1.165, 1.54) is 11.3 Å². The number of esters is 1. The van der Waals surface area contributed by atoms with E-state index in [0.29, 0.717) is 23.4 Å². The molecule has 0 bridgehead atoms. The minimum atomic E-state index is -0.360. The molecule has 78 valence electrons. The van der Waals surface area contributed by atoms with Crippen molar-refractivity contribution in [3.8, 4) is 0 Å². The molecule has 4 nitrogen and oxygen atoms in total. The smallest absolute Gasteiger partial charge is 0.348 e. The number of aldehydes is 1. The van der Waals surface area contributed by atoms with Gasteiger partial charge >= 0.3 is 5.97 Å². The first-order valence-corrected chi connectivity index (χ1v) is 5.22. The zero-order valence-electron chi connectivity index (χ0n) is 7.98. The molecule has 0 unspecified atom stereocenters. The quantitative estimate of drug-likeness (QED) is 0.593. The lowest BCUT2D eigenvalue weighted by molar-refractivity contribution is 0.0532. The van der Waals surface area contributed by atoms with Gasteiger partial charge in [-0.15, -0.1) is 11.3 Å². The van der Waals surface area contributed by atoms with Gasteiger partial charge < -0.3 is 9.15 Å². The molecular formula is C10H8O4S. The van der Waals surface area contributed by atoms with Crippen LogP contribution < -0.4 is 0 Å². The van der Waals surface area contributed by atoms with Crippen LogP contribution in [0.5, 0.6) is 0 Å². The van der Waals surface area contributed by atoms with Crippen LogP contribution in [-0.2, 0) is 4.74 Å². The number of hydrogen-bond donors (Lipinski definition) is 0. The summed E-state index contributed by atoms with van der Waals surface area (Å²) in [6, 6.07) is 3.20. The zero-order chi connectivity index (χ0) is 10.8. The van der Waals surface area contributed by atoms with E-state index in [1.54, 1.807) is 19.1 Å². The summed E-state index contributed by atoms with van der Waals surface area (Å²) in [5.41, 5.74) is 0.546. The molecule has 0 spiro atoms. The highest BCUT2D eigenvalue weighted by molar-refractivity contribution is 7.20. The third-order valence-electron chi connectivity index (χ3n) is 1.82. The summed E-state index contributed by atoms with van der Waals surface area (Å²) in [7, 11) is 0. The van der Waals surface area contributed by atoms with Gasteiger partial charge in [-0.05, 0) is 6.92 Å². The fourth-order valence-corrected chi connectivity index (χ4v) is 2.14. The van der Waals surface area contributed by atoms with Crippen LogP contribution in [0.25, 0.3) is 10.3 Å². The highest BCUT2D eigenvalue weighted by Crippen LogP contribution is 2.28. The van der Waals surface area contributed by atoms with Crippen molar-refractivity contribution in [3.63, 3.8) is 0 Å². The van der Waals surface area contributed by atoms with Crippen molar-refractivity contribution in [1.29, 1.82) is 0 Å². The van der Waals surface area contributed by atoms with Crippen LogP contribution in [0.1, 0.15) is 27.2 Å². The molecule has 0 amide bonds. The number of thiophene rings is 1. The molecule has 0 aliphatic heterocycles. The lowest BCUT2D eigenvalue weighted by Gasteiger charge is -1.95. The first-order chi connectivity index (χ1) is 7.24. The van der Waals surface area contributed by atoms with Gasteiger partial charge in [0, 0.05) is 12.1 Å². The molecule has 0 saturated heterocycles. The molecule has 2 aromatic heterocycles. The highest BCUT2D eigenvalue weighted by atomic mass is 32.1. The molecule has 5 heteroatoms. The van der Waals surface area contributed by atoms with Gasteiger partial charge in [0.2, 0.25) is 0 Å². The highest BCUT2D eigenvalue weighted by Gasteiger charge is 2.14. The molecule has 0 atom stereocenters. The fourth-order valence-electron chi connectivity index (χ4n) is 1.22. The minimum Gasteiger partial charge on any atom is -0.462 e. The Bertz CT molecular complexity index is 477. The second kappa shape index (κ2) is 3.86. The number of carbonyl (C=O) groups is 2. The first kappa shape index (κ1) is 9.92. The number of ether oxygens (including phenoxy) is 1. The van der Waals surface area contributed by atoms with Crippen molar-refractivity contribution in [2.24, 2.45) is 0 Å². The number of fused-ring (bicyclic) bond motifs is 1. The Hall–Kier alpha value is -1.62. The summed E-state index contributed by atoms with van der Waals surface area (Å²) >= 11 is 1.25. The topological polar surface area (TPSA) is 56.5 Å². The third-order valence-corrected chi connectivity index (χ3v) is 2.86. The van der Waals surface area contributed by atoms with Gasteiger partial charge in [-0.1, -0.05) is 0 Å². The number of furan rings is 1. The van der Waals surface area contributed by atoms with Crippen molar-refractivity contribution in [3.05, 3.63) is 22.8 Å². The van der Waals surface area contributed by atoms with Crippen LogP contribution in [0.15, 0.2) is 16.5 Å². The molecule has 2 rings (SSSR count). The molecule has 0 fully saturated rings. The Labute approximate surface area is 89.4 Å². The average Bonchev–Trinajstić information content (AvgIpc) is 2.74. The second-order valence-electron chi connectivity index (χ2n) is 2.83. The van der Waals surface area contributed by atoms with E-state index < -0.39 is 0 Å². The maximum Gasteiger partial charge on any atom is 0.348 e. The SMILES string of the molecule is CCOC(=O)c1cc2oc(C=O)cc2s1. The zero-order valence-corrected chi connectivity index (χ0v) is 8.80. The Balaban J connectivity index is 2.36. The molecule has 2 aromatic rings. The van der Waals surface area contributed by atoms with Crippen molar-refractivity contribution in [2.75, 3.05) is 6.61 Å². The molecule has 0 aliphatic carbocycles. The maximum absolute atomic E-state index is 11.3. The summed E-state index contributed by atoms with van der Waals surface area (Å²) in [4.78, 5) is 22.2. The van der Waals surface area contributed by atoms with E-state index in [2.05, 4.69) is 0 Å². The third kappa shape index (κ3) is 1.78. The van der Waals surface area contributed by atoms with Crippen molar-refractivity contribution < 1.29 is 18.7 Å². The van der Waals surface area contributed by atoms with E-state index in [0.717, 1.165) is 4.70 Å². The largest absolute Gasteiger partial charge is 0.462 e. The molecular weight excluding hydrogens is 216 g/mol. The summed E-state index contributed by atoms with van der Waals surface area (Å²) in [5.74, 6) is -0.0896. The Kier molecular flexibility index (Phi) is 2.55. The number of hydrogen-bond acceptors (Lipinski definition) is 5. The van der Waals surface area contributed by atoms with Gasteiger partial charge in [-0.2, -0.15) is 0 Å². The molecule has 2 heterocycles. The van der Waals surface area contributed by atoms with Crippen LogP contribution in [0.2, 0.25) is 0 Å².